The second-order valence-electron chi connectivity index (χ2n) is 4.76. The van der Waals surface area contributed by atoms with Gasteiger partial charge in [0, 0.05) is 7.11 Å². The minimum Gasteiger partial charge on any atom is -0.353 e. The SMILES string of the molecule is C=C[C@]1(CC)O[C@@H](OC)C2OC(C)(C)O[C@H]21. The zero-order valence-corrected chi connectivity index (χ0v) is 10.4. The van der Waals surface area contributed by atoms with E-state index in [-0.39, 0.29) is 18.5 Å². The first kappa shape index (κ1) is 12.0. The Hall–Kier alpha value is -0.420. The molecule has 0 aromatic rings. The predicted octanol–water partition coefficient (Wildman–Crippen LogP) is 1.84. The van der Waals surface area contributed by atoms with Crippen molar-refractivity contribution in [3.8, 4) is 0 Å². The van der Waals surface area contributed by atoms with Crippen molar-refractivity contribution in [2.24, 2.45) is 0 Å². The summed E-state index contributed by atoms with van der Waals surface area (Å²) >= 11 is 0. The topological polar surface area (TPSA) is 36.9 Å². The number of hydrogen-bond acceptors (Lipinski definition) is 4. The third-order valence-electron chi connectivity index (χ3n) is 3.34. The fraction of sp³-hybridized carbons (Fsp3) is 0.833. The van der Waals surface area contributed by atoms with Crippen molar-refractivity contribution in [1.29, 1.82) is 0 Å². The Balaban J connectivity index is 2.30. The van der Waals surface area contributed by atoms with E-state index in [1.165, 1.54) is 0 Å². The van der Waals surface area contributed by atoms with E-state index in [4.69, 9.17) is 18.9 Å². The molecule has 0 saturated carbocycles. The third kappa shape index (κ3) is 1.61. The summed E-state index contributed by atoms with van der Waals surface area (Å²) < 4.78 is 22.9. The normalized spacial score (nSPS) is 45.6. The van der Waals surface area contributed by atoms with Gasteiger partial charge in [-0.25, -0.2) is 0 Å². The van der Waals surface area contributed by atoms with Crippen LogP contribution in [0.1, 0.15) is 27.2 Å². The van der Waals surface area contributed by atoms with Gasteiger partial charge in [0.05, 0.1) is 0 Å². The van der Waals surface area contributed by atoms with Crippen LogP contribution < -0.4 is 0 Å². The zero-order chi connectivity index (χ0) is 12.0. The van der Waals surface area contributed by atoms with Crippen LogP contribution in [0.4, 0.5) is 0 Å². The first-order valence-corrected chi connectivity index (χ1v) is 5.68. The summed E-state index contributed by atoms with van der Waals surface area (Å²) in [5, 5.41) is 0. The number of ether oxygens (including phenoxy) is 4. The van der Waals surface area contributed by atoms with Crippen LogP contribution in [0.15, 0.2) is 12.7 Å². The van der Waals surface area contributed by atoms with E-state index < -0.39 is 11.4 Å². The van der Waals surface area contributed by atoms with Gasteiger partial charge in [-0.15, -0.1) is 6.58 Å². The molecule has 0 N–H and O–H groups in total. The zero-order valence-electron chi connectivity index (χ0n) is 10.4. The summed E-state index contributed by atoms with van der Waals surface area (Å²) in [6, 6.07) is 0. The first-order chi connectivity index (χ1) is 7.48. The highest BCUT2D eigenvalue weighted by molar-refractivity contribution is 5.12. The molecule has 2 fully saturated rings. The van der Waals surface area contributed by atoms with E-state index >= 15 is 0 Å². The molecule has 92 valence electrons. The molecule has 0 aliphatic carbocycles. The molecule has 2 aliphatic heterocycles. The summed E-state index contributed by atoms with van der Waals surface area (Å²) in [6.45, 7) is 9.70. The fourth-order valence-electron chi connectivity index (χ4n) is 2.49. The van der Waals surface area contributed by atoms with E-state index in [2.05, 4.69) is 6.58 Å². The summed E-state index contributed by atoms with van der Waals surface area (Å²) in [5.41, 5.74) is -0.501. The number of rotatable bonds is 3. The molecule has 0 spiro atoms. The highest BCUT2D eigenvalue weighted by Gasteiger charge is 2.61. The van der Waals surface area contributed by atoms with E-state index in [1.807, 2.05) is 20.8 Å². The van der Waals surface area contributed by atoms with E-state index in [0.29, 0.717) is 0 Å². The summed E-state index contributed by atoms with van der Waals surface area (Å²) in [4.78, 5) is 0. The Morgan fingerprint density at radius 2 is 2.00 bits per heavy atom. The lowest BCUT2D eigenvalue weighted by molar-refractivity contribution is -0.241. The van der Waals surface area contributed by atoms with Crippen LogP contribution in [-0.4, -0.2) is 37.0 Å². The summed E-state index contributed by atoms with van der Waals surface area (Å²) in [6.07, 6.45) is 1.88. The minimum absolute atomic E-state index is 0.144. The lowest BCUT2D eigenvalue weighted by Crippen LogP contribution is -2.40. The van der Waals surface area contributed by atoms with Crippen molar-refractivity contribution in [1.82, 2.24) is 0 Å². The maximum absolute atomic E-state index is 5.90. The van der Waals surface area contributed by atoms with Gasteiger partial charge in [-0.05, 0) is 20.3 Å². The third-order valence-corrected chi connectivity index (χ3v) is 3.34. The number of fused-ring (bicyclic) bond motifs is 1. The van der Waals surface area contributed by atoms with Crippen LogP contribution in [-0.2, 0) is 18.9 Å². The second kappa shape index (κ2) is 3.81. The second-order valence-corrected chi connectivity index (χ2v) is 4.76. The molecule has 4 atom stereocenters. The number of methoxy groups -OCH3 is 1. The van der Waals surface area contributed by atoms with Gasteiger partial charge >= 0.3 is 0 Å². The van der Waals surface area contributed by atoms with Crippen molar-refractivity contribution in [2.45, 2.75) is 57.1 Å². The molecular formula is C12H20O4. The molecule has 2 saturated heterocycles. The molecule has 4 heteroatoms. The molecule has 1 unspecified atom stereocenters. The number of hydrogen-bond donors (Lipinski definition) is 0. The van der Waals surface area contributed by atoms with Crippen LogP contribution in [0, 0.1) is 0 Å². The molecule has 0 aromatic carbocycles. The van der Waals surface area contributed by atoms with E-state index in [0.717, 1.165) is 6.42 Å². The average Bonchev–Trinajstić information content (AvgIpc) is 2.70. The average molecular weight is 228 g/mol. The van der Waals surface area contributed by atoms with Gasteiger partial charge < -0.3 is 18.9 Å². The van der Waals surface area contributed by atoms with Crippen LogP contribution in [0.3, 0.4) is 0 Å². The largest absolute Gasteiger partial charge is 0.353 e. The standard InChI is InChI=1S/C12H20O4/c1-6-12(7-2)9-8(10(13-5)16-12)14-11(3,4)15-9/h6,8-10H,1,7H2,2-5H3/t8?,9-,10-,12-/m1/s1. The smallest absolute Gasteiger partial charge is 0.187 e. The van der Waals surface area contributed by atoms with Gasteiger partial charge in [-0.3, -0.25) is 0 Å². The molecule has 2 aliphatic rings. The van der Waals surface area contributed by atoms with E-state index in [9.17, 15) is 0 Å². The molecular weight excluding hydrogens is 208 g/mol. The Morgan fingerprint density at radius 3 is 2.50 bits per heavy atom. The van der Waals surface area contributed by atoms with Crippen LogP contribution in [0.5, 0.6) is 0 Å². The molecule has 0 radical (unpaired) electrons. The lowest BCUT2D eigenvalue weighted by atomic mass is 9.93. The van der Waals surface area contributed by atoms with Crippen molar-refractivity contribution >= 4 is 0 Å². The van der Waals surface area contributed by atoms with Gasteiger partial charge in [-0.1, -0.05) is 13.0 Å². The lowest BCUT2D eigenvalue weighted by Gasteiger charge is -2.30. The van der Waals surface area contributed by atoms with Gasteiger partial charge in [-0.2, -0.15) is 0 Å². The summed E-state index contributed by atoms with van der Waals surface area (Å²) in [7, 11) is 1.62. The molecule has 2 rings (SSSR count). The maximum atomic E-state index is 5.90. The molecule has 0 bridgehead atoms. The van der Waals surface area contributed by atoms with Crippen LogP contribution in [0.2, 0.25) is 0 Å². The maximum Gasteiger partial charge on any atom is 0.187 e. The van der Waals surface area contributed by atoms with Crippen LogP contribution in [0.25, 0.3) is 0 Å². The molecule has 0 aromatic heterocycles. The molecule has 16 heavy (non-hydrogen) atoms. The van der Waals surface area contributed by atoms with Gasteiger partial charge in [0.15, 0.2) is 12.1 Å². The summed E-state index contributed by atoms with van der Waals surface area (Å²) in [5.74, 6) is -0.584. The Morgan fingerprint density at radius 1 is 1.31 bits per heavy atom. The quantitative estimate of drug-likeness (QED) is 0.691. The predicted molar refractivity (Wildman–Crippen MR) is 58.9 cm³/mol. The van der Waals surface area contributed by atoms with Crippen molar-refractivity contribution in [3.05, 3.63) is 12.7 Å². The highest BCUT2D eigenvalue weighted by Crippen LogP contribution is 2.46. The Kier molecular flexibility index (Phi) is 2.87. The Bertz CT molecular complexity index is 289. The highest BCUT2D eigenvalue weighted by atomic mass is 16.8. The van der Waals surface area contributed by atoms with Crippen molar-refractivity contribution < 1.29 is 18.9 Å². The minimum atomic E-state index is -0.584. The Labute approximate surface area is 96.5 Å². The van der Waals surface area contributed by atoms with Gasteiger partial charge in [0.1, 0.15) is 17.8 Å². The molecule has 2 heterocycles. The van der Waals surface area contributed by atoms with Crippen LogP contribution >= 0.6 is 0 Å². The first-order valence-electron chi connectivity index (χ1n) is 5.68. The van der Waals surface area contributed by atoms with E-state index in [1.54, 1.807) is 13.2 Å². The van der Waals surface area contributed by atoms with Crippen molar-refractivity contribution in [3.63, 3.8) is 0 Å². The van der Waals surface area contributed by atoms with Gasteiger partial charge in [0.2, 0.25) is 0 Å². The molecule has 0 amide bonds. The molecule has 4 nitrogen and oxygen atoms in total. The monoisotopic (exact) mass is 228 g/mol. The van der Waals surface area contributed by atoms with Crippen molar-refractivity contribution in [2.75, 3.05) is 7.11 Å². The fourth-order valence-corrected chi connectivity index (χ4v) is 2.49. The van der Waals surface area contributed by atoms with Gasteiger partial charge in [0.25, 0.3) is 0 Å².